The van der Waals surface area contributed by atoms with Crippen LogP contribution in [-0.2, 0) is 9.59 Å². The lowest BCUT2D eigenvalue weighted by atomic mass is 9.94. The van der Waals surface area contributed by atoms with E-state index in [1.165, 1.54) is 6.08 Å². The quantitative estimate of drug-likeness (QED) is 0.505. The SMILES string of the molecule is C=CCC(NC(=O)C1CCCCCC1N)C(=O)O. The van der Waals surface area contributed by atoms with Gasteiger partial charge in [0.1, 0.15) is 6.04 Å². The summed E-state index contributed by atoms with van der Waals surface area (Å²) in [6.07, 6.45) is 6.40. The molecule has 1 amide bonds. The summed E-state index contributed by atoms with van der Waals surface area (Å²) in [6, 6.07) is -1.06. The third-order valence-corrected chi connectivity index (χ3v) is 3.42. The van der Waals surface area contributed by atoms with Crippen molar-refractivity contribution >= 4 is 11.9 Å². The van der Waals surface area contributed by atoms with Crippen molar-refractivity contribution in [3.05, 3.63) is 12.7 Å². The molecule has 1 saturated carbocycles. The van der Waals surface area contributed by atoms with E-state index in [1.54, 1.807) is 0 Å². The van der Waals surface area contributed by atoms with Crippen LogP contribution >= 0.6 is 0 Å². The van der Waals surface area contributed by atoms with E-state index in [9.17, 15) is 9.59 Å². The van der Waals surface area contributed by atoms with Crippen LogP contribution in [0.1, 0.15) is 38.5 Å². The number of hydrogen-bond acceptors (Lipinski definition) is 3. The summed E-state index contributed by atoms with van der Waals surface area (Å²) in [5, 5.41) is 11.5. The Bertz CT molecular complexity index is 317. The first-order valence-corrected chi connectivity index (χ1v) is 6.46. The number of aliphatic carboxylic acids is 1. The van der Waals surface area contributed by atoms with E-state index in [-0.39, 0.29) is 24.3 Å². The largest absolute Gasteiger partial charge is 0.480 e. The maximum atomic E-state index is 12.1. The van der Waals surface area contributed by atoms with Gasteiger partial charge in [-0.2, -0.15) is 0 Å². The van der Waals surface area contributed by atoms with Gasteiger partial charge in [-0.15, -0.1) is 6.58 Å². The lowest BCUT2D eigenvalue weighted by molar-refractivity contribution is -0.142. The van der Waals surface area contributed by atoms with Gasteiger partial charge in [0.25, 0.3) is 0 Å². The second-order valence-corrected chi connectivity index (χ2v) is 4.83. The van der Waals surface area contributed by atoms with E-state index >= 15 is 0 Å². The minimum absolute atomic E-state index is 0.161. The standard InChI is InChI=1S/C13H22N2O3/c1-2-6-11(13(17)18)15-12(16)9-7-4-3-5-8-10(9)14/h2,9-11H,1,3-8,14H2,(H,15,16)(H,17,18). The molecule has 0 bridgehead atoms. The van der Waals surface area contributed by atoms with Gasteiger partial charge in [-0.05, 0) is 19.3 Å². The second kappa shape index (κ2) is 7.16. The number of carbonyl (C=O) groups excluding carboxylic acids is 1. The summed E-state index contributed by atoms with van der Waals surface area (Å²) in [5.74, 6) is -1.54. The normalized spacial score (nSPS) is 25.8. The van der Waals surface area contributed by atoms with Crippen LogP contribution in [0.15, 0.2) is 12.7 Å². The molecule has 3 atom stereocenters. The second-order valence-electron chi connectivity index (χ2n) is 4.83. The van der Waals surface area contributed by atoms with Crippen molar-refractivity contribution in [2.45, 2.75) is 50.6 Å². The summed E-state index contributed by atoms with van der Waals surface area (Å²) in [4.78, 5) is 23.0. The van der Waals surface area contributed by atoms with Crippen molar-refractivity contribution in [3.63, 3.8) is 0 Å². The lowest BCUT2D eigenvalue weighted by Crippen LogP contribution is -2.47. The number of nitrogens with two attached hydrogens (primary N) is 1. The van der Waals surface area contributed by atoms with Gasteiger partial charge in [-0.1, -0.05) is 25.3 Å². The Labute approximate surface area is 107 Å². The van der Waals surface area contributed by atoms with Gasteiger partial charge in [0.05, 0.1) is 5.92 Å². The number of carboxylic acid groups (broad SMARTS) is 1. The lowest BCUT2D eigenvalue weighted by Gasteiger charge is -2.22. The first-order valence-electron chi connectivity index (χ1n) is 6.46. The fourth-order valence-electron chi connectivity index (χ4n) is 2.33. The molecule has 0 saturated heterocycles. The highest BCUT2D eigenvalue weighted by Gasteiger charge is 2.29. The third kappa shape index (κ3) is 4.14. The molecular formula is C13H22N2O3. The molecule has 3 unspecified atom stereocenters. The zero-order chi connectivity index (χ0) is 13.5. The van der Waals surface area contributed by atoms with Crippen molar-refractivity contribution < 1.29 is 14.7 Å². The van der Waals surface area contributed by atoms with E-state index in [2.05, 4.69) is 11.9 Å². The van der Waals surface area contributed by atoms with Crippen LogP contribution in [0, 0.1) is 5.92 Å². The van der Waals surface area contributed by atoms with E-state index in [0.29, 0.717) is 0 Å². The molecule has 18 heavy (non-hydrogen) atoms. The van der Waals surface area contributed by atoms with Crippen molar-refractivity contribution in [1.82, 2.24) is 5.32 Å². The maximum absolute atomic E-state index is 12.1. The molecule has 0 spiro atoms. The van der Waals surface area contributed by atoms with Crippen LogP contribution < -0.4 is 11.1 Å². The number of rotatable bonds is 5. The summed E-state index contributed by atoms with van der Waals surface area (Å²) in [5.41, 5.74) is 5.98. The van der Waals surface area contributed by atoms with Gasteiger partial charge in [-0.25, -0.2) is 4.79 Å². The van der Waals surface area contributed by atoms with Crippen LogP contribution in [0.25, 0.3) is 0 Å². The number of carbonyl (C=O) groups is 2. The molecule has 0 radical (unpaired) electrons. The minimum Gasteiger partial charge on any atom is -0.480 e. The van der Waals surface area contributed by atoms with E-state index in [0.717, 1.165) is 32.1 Å². The smallest absolute Gasteiger partial charge is 0.326 e. The molecule has 5 nitrogen and oxygen atoms in total. The zero-order valence-corrected chi connectivity index (χ0v) is 10.6. The minimum atomic E-state index is -1.04. The highest BCUT2D eigenvalue weighted by Crippen LogP contribution is 2.22. The molecule has 1 rings (SSSR count). The maximum Gasteiger partial charge on any atom is 0.326 e. The Morgan fingerprint density at radius 2 is 2.06 bits per heavy atom. The van der Waals surface area contributed by atoms with Gasteiger partial charge in [-0.3, -0.25) is 4.79 Å². The molecule has 0 heterocycles. The summed E-state index contributed by atoms with van der Waals surface area (Å²) < 4.78 is 0. The summed E-state index contributed by atoms with van der Waals surface area (Å²) >= 11 is 0. The van der Waals surface area contributed by atoms with Crippen LogP contribution in [0.2, 0.25) is 0 Å². The first-order chi connectivity index (χ1) is 8.56. The van der Waals surface area contributed by atoms with E-state index < -0.39 is 12.0 Å². The monoisotopic (exact) mass is 254 g/mol. The molecule has 1 aliphatic rings. The number of amides is 1. The average Bonchev–Trinajstić information content (AvgIpc) is 2.53. The Hall–Kier alpha value is -1.36. The van der Waals surface area contributed by atoms with E-state index in [1.807, 2.05) is 0 Å². The topological polar surface area (TPSA) is 92.4 Å². The van der Waals surface area contributed by atoms with Gasteiger partial charge in [0.15, 0.2) is 0 Å². The Kier molecular flexibility index (Phi) is 5.85. The fourth-order valence-corrected chi connectivity index (χ4v) is 2.33. The fraction of sp³-hybridized carbons (Fsp3) is 0.692. The molecular weight excluding hydrogens is 232 g/mol. The van der Waals surface area contributed by atoms with Crippen molar-refractivity contribution in [2.75, 3.05) is 0 Å². The van der Waals surface area contributed by atoms with Crippen LogP contribution in [0.3, 0.4) is 0 Å². The van der Waals surface area contributed by atoms with Crippen molar-refractivity contribution in [3.8, 4) is 0 Å². The molecule has 4 N–H and O–H groups in total. The molecule has 0 aromatic rings. The number of carboxylic acids is 1. The highest BCUT2D eigenvalue weighted by atomic mass is 16.4. The van der Waals surface area contributed by atoms with Gasteiger partial charge in [0, 0.05) is 6.04 Å². The number of hydrogen-bond donors (Lipinski definition) is 3. The first kappa shape index (κ1) is 14.7. The molecule has 1 aliphatic carbocycles. The Morgan fingerprint density at radius 1 is 1.39 bits per heavy atom. The predicted molar refractivity (Wildman–Crippen MR) is 68.9 cm³/mol. The van der Waals surface area contributed by atoms with Crippen molar-refractivity contribution in [2.24, 2.45) is 11.7 Å². The van der Waals surface area contributed by atoms with E-state index in [4.69, 9.17) is 10.8 Å². The van der Waals surface area contributed by atoms with Crippen LogP contribution in [0.5, 0.6) is 0 Å². The van der Waals surface area contributed by atoms with Crippen LogP contribution in [0.4, 0.5) is 0 Å². The zero-order valence-electron chi connectivity index (χ0n) is 10.6. The van der Waals surface area contributed by atoms with Gasteiger partial charge < -0.3 is 16.2 Å². The molecule has 102 valence electrons. The molecule has 5 heteroatoms. The summed E-state index contributed by atoms with van der Waals surface area (Å²) in [6.45, 7) is 3.49. The Balaban J connectivity index is 2.61. The average molecular weight is 254 g/mol. The summed E-state index contributed by atoms with van der Waals surface area (Å²) in [7, 11) is 0. The number of nitrogens with one attached hydrogen (secondary N) is 1. The molecule has 0 aromatic heterocycles. The molecule has 1 fully saturated rings. The molecule has 0 aliphatic heterocycles. The van der Waals surface area contributed by atoms with Gasteiger partial charge in [0.2, 0.25) is 5.91 Å². The van der Waals surface area contributed by atoms with Gasteiger partial charge >= 0.3 is 5.97 Å². The Morgan fingerprint density at radius 3 is 2.67 bits per heavy atom. The molecule has 0 aromatic carbocycles. The van der Waals surface area contributed by atoms with Crippen LogP contribution in [-0.4, -0.2) is 29.1 Å². The predicted octanol–water partition coefficient (Wildman–Crippen LogP) is 1.04. The third-order valence-electron chi connectivity index (χ3n) is 3.42. The highest BCUT2D eigenvalue weighted by molar-refractivity contribution is 5.85. The van der Waals surface area contributed by atoms with Crippen molar-refractivity contribution in [1.29, 1.82) is 0 Å².